The number of hydrogen-bond acceptors (Lipinski definition) is 3. The van der Waals surface area contributed by atoms with E-state index < -0.39 is 0 Å². The van der Waals surface area contributed by atoms with Crippen LogP contribution >= 0.6 is 0 Å². The minimum atomic E-state index is 0.453. The van der Waals surface area contributed by atoms with Gasteiger partial charge in [0.25, 0.3) is 0 Å². The van der Waals surface area contributed by atoms with Crippen LogP contribution in [0.2, 0.25) is 0 Å². The molecule has 2 saturated heterocycles. The minimum Gasteiger partial charge on any atom is -0.381 e. The van der Waals surface area contributed by atoms with E-state index in [1.54, 1.807) is 5.57 Å². The molecule has 0 N–H and O–H groups in total. The van der Waals surface area contributed by atoms with E-state index in [9.17, 15) is 0 Å². The molecule has 0 aromatic carbocycles. The van der Waals surface area contributed by atoms with Gasteiger partial charge in [-0.15, -0.1) is 0 Å². The molecule has 0 spiro atoms. The Bertz CT molecular complexity index is 368. The largest absolute Gasteiger partial charge is 0.381 e. The van der Waals surface area contributed by atoms with Crippen molar-refractivity contribution in [3.8, 4) is 0 Å². The molecule has 1 aliphatic carbocycles. The maximum Gasteiger partial charge on any atom is 0.0622 e. The number of piperidine rings is 1. The van der Waals surface area contributed by atoms with Crippen molar-refractivity contribution in [2.24, 2.45) is 11.8 Å². The van der Waals surface area contributed by atoms with Crippen LogP contribution in [0.1, 0.15) is 52.4 Å². The Hall–Kier alpha value is -0.380. The molecular weight excluding hydrogens is 274 g/mol. The summed E-state index contributed by atoms with van der Waals surface area (Å²) in [5, 5.41) is 0. The number of ether oxygens (including phenoxy) is 2. The fourth-order valence-electron chi connectivity index (χ4n) is 4.29. The summed E-state index contributed by atoms with van der Waals surface area (Å²) in [5.74, 6) is 1.63. The van der Waals surface area contributed by atoms with E-state index in [1.807, 2.05) is 0 Å². The molecule has 0 aromatic rings. The van der Waals surface area contributed by atoms with E-state index in [2.05, 4.69) is 24.8 Å². The second-order valence-corrected chi connectivity index (χ2v) is 7.56. The third kappa shape index (κ3) is 4.33. The summed E-state index contributed by atoms with van der Waals surface area (Å²) in [5.41, 5.74) is 1.62. The van der Waals surface area contributed by atoms with Crippen LogP contribution in [0, 0.1) is 11.8 Å². The zero-order valence-corrected chi connectivity index (χ0v) is 14.4. The number of rotatable bonds is 4. The smallest absolute Gasteiger partial charge is 0.0622 e. The maximum absolute atomic E-state index is 6.29. The van der Waals surface area contributed by atoms with Crippen LogP contribution in [0.5, 0.6) is 0 Å². The molecule has 0 unspecified atom stereocenters. The quantitative estimate of drug-likeness (QED) is 0.740. The first-order valence-electron chi connectivity index (χ1n) is 9.34. The summed E-state index contributed by atoms with van der Waals surface area (Å²) < 4.78 is 11.7. The van der Waals surface area contributed by atoms with Crippen molar-refractivity contribution in [2.75, 3.05) is 32.8 Å². The number of hydrogen-bond donors (Lipinski definition) is 0. The van der Waals surface area contributed by atoms with Gasteiger partial charge in [-0.3, -0.25) is 0 Å². The van der Waals surface area contributed by atoms with E-state index in [0.29, 0.717) is 12.2 Å². The molecule has 3 nitrogen and oxygen atoms in total. The first kappa shape index (κ1) is 16.5. The second-order valence-electron chi connectivity index (χ2n) is 7.56. The number of nitrogens with zero attached hydrogens (tertiary/aromatic N) is 1. The molecule has 0 aromatic heterocycles. The van der Waals surface area contributed by atoms with Gasteiger partial charge in [-0.2, -0.15) is 0 Å². The molecule has 0 radical (unpaired) electrons. The van der Waals surface area contributed by atoms with Crippen molar-refractivity contribution in [3.05, 3.63) is 11.6 Å². The van der Waals surface area contributed by atoms with Crippen LogP contribution in [0.3, 0.4) is 0 Å². The van der Waals surface area contributed by atoms with Crippen LogP contribution in [0.4, 0.5) is 0 Å². The molecule has 126 valence electrons. The zero-order valence-electron chi connectivity index (χ0n) is 14.4. The zero-order chi connectivity index (χ0) is 15.4. The molecule has 0 amide bonds. The Kier molecular flexibility index (Phi) is 5.95. The average Bonchev–Trinajstić information content (AvgIpc) is 2.54. The lowest BCUT2D eigenvalue weighted by Crippen LogP contribution is -2.42. The summed E-state index contributed by atoms with van der Waals surface area (Å²) >= 11 is 0. The molecule has 2 fully saturated rings. The first-order valence-corrected chi connectivity index (χ1v) is 9.34. The lowest BCUT2D eigenvalue weighted by atomic mass is 9.79. The van der Waals surface area contributed by atoms with E-state index in [0.717, 1.165) is 37.9 Å². The van der Waals surface area contributed by atoms with Crippen LogP contribution < -0.4 is 0 Å². The van der Waals surface area contributed by atoms with Crippen LogP contribution in [0.25, 0.3) is 0 Å². The highest BCUT2D eigenvalue weighted by atomic mass is 16.5. The Balaban J connectivity index is 1.41. The van der Waals surface area contributed by atoms with Gasteiger partial charge in [0.2, 0.25) is 0 Å². The SMILES string of the molecule is CC1=CCC[C@@H](C)[C@H]1CN1CCC(OC2CCOCC2)CC1. The van der Waals surface area contributed by atoms with Gasteiger partial charge in [0.05, 0.1) is 12.2 Å². The molecule has 22 heavy (non-hydrogen) atoms. The molecule has 3 rings (SSSR count). The Morgan fingerprint density at radius 3 is 2.45 bits per heavy atom. The normalized spacial score (nSPS) is 32.9. The molecule has 3 aliphatic rings. The van der Waals surface area contributed by atoms with Gasteiger partial charge in [0.1, 0.15) is 0 Å². The van der Waals surface area contributed by atoms with Gasteiger partial charge in [0, 0.05) is 32.8 Å². The highest BCUT2D eigenvalue weighted by molar-refractivity contribution is 5.09. The lowest BCUT2D eigenvalue weighted by Gasteiger charge is -2.38. The molecule has 2 aliphatic heterocycles. The Morgan fingerprint density at radius 1 is 1.09 bits per heavy atom. The molecule has 2 heterocycles. The molecule has 0 bridgehead atoms. The van der Waals surface area contributed by atoms with Crippen molar-refractivity contribution in [1.29, 1.82) is 0 Å². The molecule has 3 heteroatoms. The standard InChI is InChI=1S/C19H33NO2/c1-15-4-3-5-16(2)19(15)14-20-10-6-17(7-11-20)22-18-8-12-21-13-9-18/h4,16-19H,3,5-14H2,1-2H3/t16-,19+/m1/s1. The van der Waals surface area contributed by atoms with Crippen LogP contribution in [-0.2, 0) is 9.47 Å². The number of likely N-dealkylation sites (tertiary alicyclic amines) is 1. The van der Waals surface area contributed by atoms with Crippen LogP contribution in [0.15, 0.2) is 11.6 Å². The van der Waals surface area contributed by atoms with E-state index >= 15 is 0 Å². The van der Waals surface area contributed by atoms with Gasteiger partial charge in [0.15, 0.2) is 0 Å². The van der Waals surface area contributed by atoms with Gasteiger partial charge in [-0.05, 0) is 57.3 Å². The van der Waals surface area contributed by atoms with E-state index in [1.165, 1.54) is 45.3 Å². The summed E-state index contributed by atoms with van der Waals surface area (Å²) in [6.07, 6.45) is 10.6. The monoisotopic (exact) mass is 307 g/mol. The van der Waals surface area contributed by atoms with Crippen molar-refractivity contribution in [2.45, 2.75) is 64.6 Å². The second kappa shape index (κ2) is 7.94. The molecule has 0 saturated carbocycles. The highest BCUT2D eigenvalue weighted by Gasteiger charge is 2.28. The maximum atomic E-state index is 6.29. The lowest BCUT2D eigenvalue weighted by molar-refractivity contribution is -0.0854. The van der Waals surface area contributed by atoms with Gasteiger partial charge in [-0.25, -0.2) is 0 Å². The Morgan fingerprint density at radius 2 is 1.77 bits per heavy atom. The van der Waals surface area contributed by atoms with Crippen molar-refractivity contribution in [3.63, 3.8) is 0 Å². The molecule has 2 atom stereocenters. The van der Waals surface area contributed by atoms with Gasteiger partial charge in [-0.1, -0.05) is 18.6 Å². The molecular formula is C19H33NO2. The summed E-state index contributed by atoms with van der Waals surface area (Å²) in [6, 6.07) is 0. The topological polar surface area (TPSA) is 21.7 Å². The average molecular weight is 307 g/mol. The summed E-state index contributed by atoms with van der Waals surface area (Å²) in [6.45, 7) is 10.2. The van der Waals surface area contributed by atoms with Crippen molar-refractivity contribution in [1.82, 2.24) is 4.90 Å². The number of allylic oxidation sites excluding steroid dienone is 1. The van der Waals surface area contributed by atoms with E-state index in [-0.39, 0.29) is 0 Å². The summed E-state index contributed by atoms with van der Waals surface area (Å²) in [7, 11) is 0. The first-order chi connectivity index (χ1) is 10.7. The van der Waals surface area contributed by atoms with Crippen LogP contribution in [-0.4, -0.2) is 50.0 Å². The predicted octanol–water partition coefficient (Wildman–Crippen LogP) is 3.64. The highest BCUT2D eigenvalue weighted by Crippen LogP contribution is 2.31. The minimum absolute atomic E-state index is 0.453. The van der Waals surface area contributed by atoms with E-state index in [4.69, 9.17) is 9.47 Å². The fraction of sp³-hybridized carbons (Fsp3) is 0.895. The van der Waals surface area contributed by atoms with Gasteiger partial charge >= 0.3 is 0 Å². The third-order valence-electron chi connectivity index (χ3n) is 5.90. The van der Waals surface area contributed by atoms with Crippen molar-refractivity contribution >= 4 is 0 Å². The Labute approximate surface area is 136 Å². The fourth-order valence-corrected chi connectivity index (χ4v) is 4.29. The predicted molar refractivity (Wildman–Crippen MR) is 90.0 cm³/mol. The van der Waals surface area contributed by atoms with Crippen molar-refractivity contribution < 1.29 is 9.47 Å². The third-order valence-corrected chi connectivity index (χ3v) is 5.90. The summed E-state index contributed by atoms with van der Waals surface area (Å²) in [4.78, 5) is 2.67. The van der Waals surface area contributed by atoms with Gasteiger partial charge < -0.3 is 14.4 Å².